The number of rotatable bonds is 12. The number of hydrogen-bond acceptors (Lipinski definition) is 1. The molecule has 0 aliphatic heterocycles. The second-order valence-corrected chi connectivity index (χ2v) is 12.1. The summed E-state index contributed by atoms with van der Waals surface area (Å²) in [5, 5.41) is 7.95. The smallest absolute Gasteiger partial charge is 0.319 e. The zero-order valence-electron chi connectivity index (χ0n) is 24.4. The first-order valence-electron chi connectivity index (χ1n) is 15.1. The van der Waals surface area contributed by atoms with E-state index in [0.29, 0.717) is 18.4 Å². The Morgan fingerprint density at radius 1 is 0.895 bits per heavy atom. The number of aryl methyl sites for hydroxylation is 1. The molecule has 206 valence electrons. The Morgan fingerprint density at radius 2 is 1.55 bits per heavy atom. The molecule has 3 aromatic rings. The molecular weight excluding hydrogens is 466 g/mol. The van der Waals surface area contributed by atoms with E-state index in [1.54, 1.807) is 0 Å². The summed E-state index contributed by atoms with van der Waals surface area (Å²) in [5.74, 6) is 0.691. The van der Waals surface area contributed by atoms with Gasteiger partial charge in [-0.05, 0) is 53.9 Å². The third-order valence-electron chi connectivity index (χ3n) is 8.62. The van der Waals surface area contributed by atoms with Gasteiger partial charge in [-0.2, -0.15) is 0 Å². The number of benzene rings is 2. The van der Waals surface area contributed by atoms with E-state index < -0.39 is 0 Å². The molecule has 4 heteroatoms. The average Bonchev–Trinajstić information content (AvgIpc) is 3.53. The van der Waals surface area contributed by atoms with Gasteiger partial charge in [-0.3, -0.25) is 0 Å². The third-order valence-corrected chi connectivity index (χ3v) is 8.62. The lowest BCUT2D eigenvalue weighted by Gasteiger charge is -2.30. The second-order valence-electron chi connectivity index (χ2n) is 12.1. The summed E-state index contributed by atoms with van der Waals surface area (Å²) in [7, 11) is 0. The maximum absolute atomic E-state index is 13.4. The van der Waals surface area contributed by atoms with Crippen molar-refractivity contribution in [1.82, 2.24) is 9.88 Å². The lowest BCUT2D eigenvalue weighted by Crippen LogP contribution is -2.41. The molecule has 2 aromatic carbocycles. The molecule has 2 amide bonds. The standard InChI is InChI=1S/C34H49N3O/c1-6-7-8-9-14-22-37-23-30(29-16-10-11-19-31(29)37)34(20-12-13-21-34)24-35-33(38)36-32-27(25(2)3)17-15-18-28(32)26(4)5/h10-11,15-19,23,25-26H,6-9,12-14,20-22,24H2,1-5H3,(H2,35,36,38). The molecular formula is C34H49N3O. The SMILES string of the molecule is CCCCCCCn1cc(C2(CNC(=O)Nc3c(C(C)C)cccc3C(C)C)CCCC2)c2ccccc21. The van der Waals surface area contributed by atoms with Crippen LogP contribution in [0.1, 0.15) is 121 Å². The van der Waals surface area contributed by atoms with Crippen LogP contribution in [0.15, 0.2) is 48.7 Å². The van der Waals surface area contributed by atoms with E-state index in [-0.39, 0.29) is 11.4 Å². The maximum Gasteiger partial charge on any atom is 0.319 e. The number of urea groups is 1. The Kier molecular flexibility index (Phi) is 9.57. The minimum Gasteiger partial charge on any atom is -0.347 e. The highest BCUT2D eigenvalue weighted by Crippen LogP contribution is 2.44. The minimum absolute atomic E-state index is 0.0111. The number of hydrogen-bond donors (Lipinski definition) is 2. The summed E-state index contributed by atoms with van der Waals surface area (Å²) in [6.07, 6.45) is 13.5. The topological polar surface area (TPSA) is 46.1 Å². The van der Waals surface area contributed by atoms with Gasteiger partial charge in [0.15, 0.2) is 0 Å². The largest absolute Gasteiger partial charge is 0.347 e. The number of aromatic nitrogens is 1. The normalized spacial score (nSPS) is 15.0. The molecule has 0 saturated heterocycles. The van der Waals surface area contributed by atoms with Gasteiger partial charge in [-0.1, -0.05) is 110 Å². The van der Waals surface area contributed by atoms with E-state index >= 15 is 0 Å². The van der Waals surface area contributed by atoms with Crippen molar-refractivity contribution >= 4 is 22.6 Å². The van der Waals surface area contributed by atoms with Crippen molar-refractivity contribution in [2.24, 2.45) is 0 Å². The van der Waals surface area contributed by atoms with Crippen LogP contribution in [0.2, 0.25) is 0 Å². The van der Waals surface area contributed by atoms with Gasteiger partial charge in [-0.25, -0.2) is 4.79 Å². The Labute approximate surface area is 230 Å². The molecule has 1 saturated carbocycles. The first-order chi connectivity index (χ1) is 18.4. The van der Waals surface area contributed by atoms with Gasteiger partial charge >= 0.3 is 6.03 Å². The minimum atomic E-state index is -0.0917. The Morgan fingerprint density at radius 3 is 2.21 bits per heavy atom. The second kappa shape index (κ2) is 12.9. The molecule has 1 aliphatic rings. The van der Waals surface area contributed by atoms with Gasteiger partial charge in [0.25, 0.3) is 0 Å². The molecule has 1 heterocycles. The highest BCUT2D eigenvalue weighted by atomic mass is 16.2. The molecule has 0 spiro atoms. The number of para-hydroxylation sites is 2. The van der Waals surface area contributed by atoms with Gasteiger partial charge in [0, 0.05) is 41.3 Å². The summed E-state index contributed by atoms with van der Waals surface area (Å²) in [6.45, 7) is 12.8. The number of nitrogens with zero attached hydrogens (tertiary/aromatic N) is 1. The molecule has 4 nitrogen and oxygen atoms in total. The molecule has 0 atom stereocenters. The highest BCUT2D eigenvalue weighted by molar-refractivity contribution is 5.92. The molecule has 1 aromatic heterocycles. The Bertz CT molecular complexity index is 1170. The van der Waals surface area contributed by atoms with Crippen LogP contribution in [0, 0.1) is 0 Å². The number of carbonyl (C=O) groups is 1. The fraction of sp³-hybridized carbons (Fsp3) is 0.559. The molecule has 4 rings (SSSR count). The van der Waals surface area contributed by atoms with E-state index in [0.717, 1.165) is 25.1 Å². The van der Waals surface area contributed by atoms with Gasteiger partial charge in [0.1, 0.15) is 0 Å². The van der Waals surface area contributed by atoms with E-state index in [1.165, 1.54) is 72.5 Å². The zero-order chi connectivity index (χ0) is 27.1. The van der Waals surface area contributed by atoms with Crippen LogP contribution in [0.5, 0.6) is 0 Å². The van der Waals surface area contributed by atoms with Gasteiger partial charge in [0.05, 0.1) is 0 Å². The van der Waals surface area contributed by atoms with Crippen LogP contribution in [-0.4, -0.2) is 17.1 Å². The van der Waals surface area contributed by atoms with Crippen LogP contribution < -0.4 is 10.6 Å². The first-order valence-corrected chi connectivity index (χ1v) is 15.1. The fourth-order valence-corrected chi connectivity index (χ4v) is 6.44. The molecule has 0 bridgehead atoms. The quantitative estimate of drug-likeness (QED) is 0.232. The average molecular weight is 516 g/mol. The van der Waals surface area contributed by atoms with Crippen LogP contribution in [0.25, 0.3) is 10.9 Å². The number of unbranched alkanes of at least 4 members (excludes halogenated alkanes) is 4. The lowest BCUT2D eigenvalue weighted by molar-refractivity contribution is 0.248. The van der Waals surface area contributed by atoms with Crippen LogP contribution >= 0.6 is 0 Å². The van der Waals surface area contributed by atoms with Crippen molar-refractivity contribution in [2.45, 2.75) is 116 Å². The van der Waals surface area contributed by atoms with E-state index in [2.05, 4.69) is 98.5 Å². The van der Waals surface area contributed by atoms with Gasteiger partial charge in [0.2, 0.25) is 0 Å². The third kappa shape index (κ3) is 6.27. The van der Waals surface area contributed by atoms with Crippen molar-refractivity contribution in [2.75, 3.05) is 11.9 Å². The van der Waals surface area contributed by atoms with Crippen LogP contribution in [0.3, 0.4) is 0 Å². The Hall–Kier alpha value is -2.75. The summed E-state index contributed by atoms with van der Waals surface area (Å²) in [6, 6.07) is 15.2. The van der Waals surface area contributed by atoms with Crippen molar-refractivity contribution in [1.29, 1.82) is 0 Å². The summed E-state index contributed by atoms with van der Waals surface area (Å²) >= 11 is 0. The fourth-order valence-electron chi connectivity index (χ4n) is 6.44. The molecule has 1 fully saturated rings. The molecule has 2 N–H and O–H groups in total. The highest BCUT2D eigenvalue weighted by Gasteiger charge is 2.38. The monoisotopic (exact) mass is 515 g/mol. The molecule has 0 unspecified atom stereocenters. The molecule has 38 heavy (non-hydrogen) atoms. The molecule has 1 aliphatic carbocycles. The summed E-state index contributed by atoms with van der Waals surface area (Å²) < 4.78 is 2.48. The first kappa shape index (κ1) is 28.3. The maximum atomic E-state index is 13.4. The Balaban J connectivity index is 1.54. The van der Waals surface area contributed by atoms with E-state index in [9.17, 15) is 4.79 Å². The zero-order valence-corrected chi connectivity index (χ0v) is 24.4. The van der Waals surface area contributed by atoms with Crippen LogP contribution in [0.4, 0.5) is 10.5 Å². The number of fused-ring (bicyclic) bond motifs is 1. The van der Waals surface area contributed by atoms with E-state index in [4.69, 9.17) is 0 Å². The van der Waals surface area contributed by atoms with Crippen molar-refractivity contribution in [3.63, 3.8) is 0 Å². The lowest BCUT2D eigenvalue weighted by atomic mass is 9.78. The number of nitrogens with one attached hydrogen (secondary N) is 2. The summed E-state index contributed by atoms with van der Waals surface area (Å²) in [4.78, 5) is 13.4. The van der Waals surface area contributed by atoms with E-state index in [1.807, 2.05) is 0 Å². The molecule has 0 radical (unpaired) electrons. The van der Waals surface area contributed by atoms with Gasteiger partial charge < -0.3 is 15.2 Å². The van der Waals surface area contributed by atoms with Crippen LogP contribution in [-0.2, 0) is 12.0 Å². The van der Waals surface area contributed by atoms with Crippen molar-refractivity contribution < 1.29 is 4.79 Å². The predicted molar refractivity (Wildman–Crippen MR) is 162 cm³/mol. The number of carbonyl (C=O) groups excluding carboxylic acids is 1. The number of amides is 2. The predicted octanol–water partition coefficient (Wildman–Crippen LogP) is 9.49. The van der Waals surface area contributed by atoms with Crippen molar-refractivity contribution in [3.8, 4) is 0 Å². The number of anilines is 1. The van der Waals surface area contributed by atoms with Crippen molar-refractivity contribution in [3.05, 3.63) is 65.4 Å². The summed E-state index contributed by atoms with van der Waals surface area (Å²) in [5.41, 5.74) is 6.12. The van der Waals surface area contributed by atoms with Gasteiger partial charge in [-0.15, -0.1) is 0 Å².